The molecule has 3 aromatic rings. The van der Waals surface area contributed by atoms with E-state index in [4.69, 9.17) is 0 Å². The molecule has 0 radical (unpaired) electrons. The topological polar surface area (TPSA) is 43.0 Å². The summed E-state index contributed by atoms with van der Waals surface area (Å²) in [4.78, 5) is 0. The molecule has 0 saturated carbocycles. The van der Waals surface area contributed by atoms with Crippen molar-refractivity contribution < 1.29 is 5.11 Å². The van der Waals surface area contributed by atoms with Gasteiger partial charge in [-0.25, -0.2) is 0 Å². The number of nitrogens with zero attached hydrogens (tertiary/aromatic N) is 3. The number of hydrogen-bond donors (Lipinski definition) is 1. The van der Waals surface area contributed by atoms with Crippen molar-refractivity contribution in [3.63, 3.8) is 0 Å². The monoisotopic (exact) mass is 269 g/mol. The summed E-state index contributed by atoms with van der Waals surface area (Å²) in [6, 6.07) is 6.59. The van der Waals surface area contributed by atoms with Gasteiger partial charge >= 0.3 is 0 Å². The molecule has 0 unspecified atom stereocenters. The minimum absolute atomic E-state index is 0.0483. The molecule has 4 nitrogen and oxygen atoms in total. The average molecular weight is 269 g/mol. The number of aryl methyl sites for hydroxylation is 1. The Kier molecular flexibility index (Phi) is 3.10. The molecule has 20 heavy (non-hydrogen) atoms. The van der Waals surface area contributed by atoms with Crippen LogP contribution in [0.4, 0.5) is 0 Å². The summed E-state index contributed by atoms with van der Waals surface area (Å²) in [6.07, 6.45) is 5.95. The molecule has 0 spiro atoms. The van der Waals surface area contributed by atoms with Gasteiger partial charge in [0, 0.05) is 41.9 Å². The third kappa shape index (κ3) is 2.02. The van der Waals surface area contributed by atoms with Gasteiger partial charge in [-0.15, -0.1) is 0 Å². The minimum Gasteiger partial charge on any atom is -0.392 e. The van der Waals surface area contributed by atoms with Crippen molar-refractivity contribution in [1.29, 1.82) is 0 Å². The highest BCUT2D eigenvalue weighted by atomic mass is 16.3. The first kappa shape index (κ1) is 12.9. The first-order valence-electron chi connectivity index (χ1n) is 6.83. The standard InChI is InChI=1S/C16H19N3O/c1-11(2)19-9-14(8-17-19)12-6-13(10-20)15-4-5-18(3)16(15)7-12/h4-9,11,20H,10H2,1-3H3. The van der Waals surface area contributed by atoms with Crippen molar-refractivity contribution >= 4 is 10.9 Å². The quantitative estimate of drug-likeness (QED) is 0.794. The van der Waals surface area contributed by atoms with Gasteiger partial charge in [-0.3, -0.25) is 4.68 Å². The maximum Gasteiger partial charge on any atom is 0.0688 e. The Labute approximate surface area is 118 Å². The summed E-state index contributed by atoms with van der Waals surface area (Å²) in [5, 5.41) is 15.1. The van der Waals surface area contributed by atoms with Crippen molar-refractivity contribution in [2.75, 3.05) is 0 Å². The van der Waals surface area contributed by atoms with E-state index < -0.39 is 0 Å². The van der Waals surface area contributed by atoms with E-state index in [0.717, 1.165) is 27.6 Å². The first-order chi connectivity index (χ1) is 9.60. The van der Waals surface area contributed by atoms with E-state index in [9.17, 15) is 5.11 Å². The molecule has 0 amide bonds. The Morgan fingerprint density at radius 2 is 2.05 bits per heavy atom. The normalized spacial score (nSPS) is 11.7. The third-order valence-electron chi connectivity index (χ3n) is 3.72. The zero-order valence-electron chi connectivity index (χ0n) is 12.0. The second-order valence-electron chi connectivity index (χ2n) is 5.46. The van der Waals surface area contributed by atoms with E-state index in [-0.39, 0.29) is 6.61 Å². The summed E-state index contributed by atoms with van der Waals surface area (Å²) in [7, 11) is 2.02. The maximum atomic E-state index is 9.58. The molecule has 4 heteroatoms. The van der Waals surface area contributed by atoms with Crippen LogP contribution in [-0.2, 0) is 13.7 Å². The van der Waals surface area contributed by atoms with Crippen LogP contribution in [0.1, 0.15) is 25.5 Å². The van der Waals surface area contributed by atoms with Crippen molar-refractivity contribution in [3.05, 3.63) is 42.4 Å². The molecule has 1 N–H and O–H groups in total. The number of aromatic nitrogens is 3. The maximum absolute atomic E-state index is 9.58. The second kappa shape index (κ2) is 4.80. The lowest BCUT2D eigenvalue weighted by Crippen LogP contribution is -1.99. The largest absolute Gasteiger partial charge is 0.392 e. The number of rotatable bonds is 3. The summed E-state index contributed by atoms with van der Waals surface area (Å²) in [6.45, 7) is 4.26. The molecule has 2 heterocycles. The molecule has 1 aromatic carbocycles. The molecule has 0 aliphatic carbocycles. The third-order valence-corrected chi connectivity index (χ3v) is 3.72. The lowest BCUT2D eigenvalue weighted by atomic mass is 10.0. The molecule has 3 rings (SSSR count). The first-order valence-corrected chi connectivity index (χ1v) is 6.83. The molecule has 2 aromatic heterocycles. The summed E-state index contributed by atoms with van der Waals surface area (Å²) in [5.74, 6) is 0. The van der Waals surface area contributed by atoms with E-state index in [2.05, 4.69) is 35.8 Å². The molecular formula is C16H19N3O. The van der Waals surface area contributed by atoms with Crippen LogP contribution in [0.25, 0.3) is 22.0 Å². The van der Waals surface area contributed by atoms with Crippen molar-refractivity contribution in [2.24, 2.45) is 7.05 Å². The van der Waals surface area contributed by atoms with Crippen LogP contribution in [-0.4, -0.2) is 19.5 Å². The number of fused-ring (bicyclic) bond motifs is 1. The predicted molar refractivity (Wildman–Crippen MR) is 80.4 cm³/mol. The van der Waals surface area contributed by atoms with Gasteiger partial charge in [-0.2, -0.15) is 5.10 Å². The average Bonchev–Trinajstić information content (AvgIpc) is 3.05. The molecular weight excluding hydrogens is 250 g/mol. The fourth-order valence-electron chi connectivity index (χ4n) is 2.51. The lowest BCUT2D eigenvalue weighted by Gasteiger charge is -2.06. The fourth-order valence-corrected chi connectivity index (χ4v) is 2.51. The zero-order valence-corrected chi connectivity index (χ0v) is 12.0. The van der Waals surface area contributed by atoms with Gasteiger partial charge < -0.3 is 9.67 Å². The van der Waals surface area contributed by atoms with Crippen LogP contribution < -0.4 is 0 Å². The van der Waals surface area contributed by atoms with Crippen LogP contribution in [0, 0.1) is 0 Å². The Morgan fingerprint density at radius 3 is 2.70 bits per heavy atom. The van der Waals surface area contributed by atoms with Crippen LogP contribution in [0.3, 0.4) is 0 Å². The molecule has 0 atom stereocenters. The predicted octanol–water partition coefficient (Wildman–Crippen LogP) is 3.12. The van der Waals surface area contributed by atoms with Gasteiger partial charge in [0.1, 0.15) is 0 Å². The molecule has 0 saturated heterocycles. The Balaban J connectivity index is 2.17. The van der Waals surface area contributed by atoms with Crippen molar-refractivity contribution in [2.45, 2.75) is 26.5 Å². The highest BCUT2D eigenvalue weighted by Crippen LogP contribution is 2.28. The van der Waals surface area contributed by atoms with Crippen LogP contribution in [0.15, 0.2) is 36.8 Å². The summed E-state index contributed by atoms with van der Waals surface area (Å²) >= 11 is 0. The summed E-state index contributed by atoms with van der Waals surface area (Å²) in [5.41, 5.74) is 4.26. The van der Waals surface area contributed by atoms with Gasteiger partial charge in [-0.1, -0.05) is 0 Å². The van der Waals surface area contributed by atoms with Crippen LogP contribution >= 0.6 is 0 Å². The van der Waals surface area contributed by atoms with Gasteiger partial charge in [-0.05, 0) is 43.2 Å². The van der Waals surface area contributed by atoms with E-state index in [1.54, 1.807) is 0 Å². The molecule has 0 bridgehead atoms. The second-order valence-corrected chi connectivity index (χ2v) is 5.46. The Bertz CT molecular complexity index is 752. The van der Waals surface area contributed by atoms with Gasteiger partial charge in [0.2, 0.25) is 0 Å². The number of hydrogen-bond acceptors (Lipinski definition) is 2. The van der Waals surface area contributed by atoms with Gasteiger partial charge in [0.15, 0.2) is 0 Å². The summed E-state index contributed by atoms with van der Waals surface area (Å²) < 4.78 is 4.02. The Hall–Kier alpha value is -2.07. The number of benzene rings is 1. The van der Waals surface area contributed by atoms with Crippen LogP contribution in [0.5, 0.6) is 0 Å². The van der Waals surface area contributed by atoms with Gasteiger partial charge in [0.25, 0.3) is 0 Å². The van der Waals surface area contributed by atoms with Crippen LogP contribution in [0.2, 0.25) is 0 Å². The molecule has 104 valence electrons. The smallest absolute Gasteiger partial charge is 0.0688 e. The van der Waals surface area contributed by atoms with Gasteiger partial charge in [0.05, 0.1) is 12.8 Å². The molecule has 0 aliphatic heterocycles. The fraction of sp³-hybridized carbons (Fsp3) is 0.312. The zero-order chi connectivity index (χ0) is 14.3. The number of aliphatic hydroxyl groups is 1. The van der Waals surface area contributed by atoms with E-state index in [1.165, 1.54) is 0 Å². The minimum atomic E-state index is 0.0483. The molecule has 0 aliphatic rings. The Morgan fingerprint density at radius 1 is 1.25 bits per heavy atom. The lowest BCUT2D eigenvalue weighted by molar-refractivity contribution is 0.283. The highest BCUT2D eigenvalue weighted by molar-refractivity contribution is 5.88. The SMILES string of the molecule is CC(C)n1cc(-c2cc(CO)c3ccn(C)c3c2)cn1. The van der Waals surface area contributed by atoms with E-state index >= 15 is 0 Å². The molecule has 0 fully saturated rings. The van der Waals surface area contributed by atoms with E-state index in [0.29, 0.717) is 6.04 Å². The van der Waals surface area contributed by atoms with Crippen molar-refractivity contribution in [3.8, 4) is 11.1 Å². The number of aliphatic hydroxyl groups excluding tert-OH is 1. The van der Waals surface area contributed by atoms with E-state index in [1.807, 2.05) is 36.3 Å². The highest BCUT2D eigenvalue weighted by Gasteiger charge is 2.10. The van der Waals surface area contributed by atoms with Crippen molar-refractivity contribution in [1.82, 2.24) is 14.3 Å².